The molecule has 0 aliphatic carbocycles. The van der Waals surface area contributed by atoms with E-state index in [1.165, 1.54) is 0 Å². The van der Waals surface area contributed by atoms with Gasteiger partial charge in [-0.3, -0.25) is 9.78 Å². The Bertz CT molecular complexity index is 861. The highest BCUT2D eigenvalue weighted by Gasteiger charge is 2.03. The van der Waals surface area contributed by atoms with Gasteiger partial charge in [-0.25, -0.2) is 0 Å². The van der Waals surface area contributed by atoms with Crippen LogP contribution in [0.3, 0.4) is 0 Å². The molecule has 4 heteroatoms. The first-order valence-electron chi connectivity index (χ1n) is 7.35. The van der Waals surface area contributed by atoms with Crippen molar-refractivity contribution in [3.8, 4) is 5.75 Å². The van der Waals surface area contributed by atoms with Crippen LogP contribution in [-0.4, -0.2) is 10.8 Å². The molecule has 0 aliphatic heterocycles. The smallest absolute Gasteiger partial charge is 0.134 e. The van der Waals surface area contributed by atoms with E-state index in [4.69, 9.17) is 16.3 Å². The second-order valence-electron chi connectivity index (χ2n) is 5.50. The topological polar surface area (TPSA) is 39.2 Å². The molecule has 0 N–H and O–H groups in total. The summed E-state index contributed by atoms with van der Waals surface area (Å²) >= 11 is 5.97. The van der Waals surface area contributed by atoms with E-state index in [9.17, 15) is 4.79 Å². The Morgan fingerprint density at radius 1 is 1.13 bits per heavy atom. The van der Waals surface area contributed by atoms with Gasteiger partial charge in [-0.1, -0.05) is 23.7 Å². The highest BCUT2D eigenvalue weighted by atomic mass is 35.5. The van der Waals surface area contributed by atoms with E-state index in [2.05, 4.69) is 4.98 Å². The van der Waals surface area contributed by atoms with Crippen LogP contribution in [0.5, 0.6) is 5.75 Å². The molecule has 0 fully saturated rings. The van der Waals surface area contributed by atoms with Gasteiger partial charge in [-0.2, -0.15) is 0 Å². The van der Waals surface area contributed by atoms with Crippen molar-refractivity contribution in [3.05, 3.63) is 70.9 Å². The molecule has 0 unspecified atom stereocenters. The third kappa shape index (κ3) is 4.08. The fourth-order valence-corrected chi connectivity index (χ4v) is 2.63. The summed E-state index contributed by atoms with van der Waals surface area (Å²) in [6.07, 6.45) is 2.15. The Hall–Kier alpha value is -2.39. The number of pyridine rings is 1. The lowest BCUT2D eigenvalue weighted by Crippen LogP contribution is -1.98. The SMILES string of the molecule is CC(=O)Cc1cnc2cc(OCc3cccc(Cl)c3)ccc2c1. The molecule has 3 nitrogen and oxygen atoms in total. The van der Waals surface area contributed by atoms with Crippen LogP contribution in [0.15, 0.2) is 54.7 Å². The second-order valence-corrected chi connectivity index (χ2v) is 5.93. The molecule has 1 heterocycles. The maximum absolute atomic E-state index is 11.2. The number of rotatable bonds is 5. The predicted molar refractivity (Wildman–Crippen MR) is 91.9 cm³/mol. The minimum atomic E-state index is 0.132. The highest BCUT2D eigenvalue weighted by molar-refractivity contribution is 6.30. The number of hydrogen-bond donors (Lipinski definition) is 0. The molecule has 3 rings (SSSR count). The molecule has 0 saturated carbocycles. The number of ether oxygens (including phenoxy) is 1. The van der Waals surface area contributed by atoms with Crippen LogP contribution in [0.4, 0.5) is 0 Å². The molecule has 2 aromatic carbocycles. The van der Waals surface area contributed by atoms with Crippen LogP contribution in [-0.2, 0) is 17.8 Å². The first-order valence-corrected chi connectivity index (χ1v) is 7.73. The standard InChI is InChI=1S/C19H16ClNO2/c1-13(22)7-15-8-16-5-6-18(10-19(16)21-11-15)23-12-14-3-2-4-17(20)9-14/h2-6,8-11H,7,12H2,1H3. The lowest BCUT2D eigenvalue weighted by molar-refractivity contribution is -0.116. The summed E-state index contributed by atoms with van der Waals surface area (Å²) in [5, 5.41) is 1.70. The zero-order valence-electron chi connectivity index (χ0n) is 12.8. The Balaban J connectivity index is 1.76. The largest absolute Gasteiger partial charge is 0.489 e. The quantitative estimate of drug-likeness (QED) is 0.688. The zero-order chi connectivity index (χ0) is 16.2. The number of carbonyl (C=O) groups excluding carboxylic acids is 1. The van der Waals surface area contributed by atoms with Crippen molar-refractivity contribution in [2.45, 2.75) is 20.0 Å². The maximum Gasteiger partial charge on any atom is 0.134 e. The second kappa shape index (κ2) is 6.80. The van der Waals surface area contributed by atoms with E-state index in [1.807, 2.05) is 48.5 Å². The van der Waals surface area contributed by atoms with Crippen LogP contribution >= 0.6 is 11.6 Å². The molecule has 3 aromatic rings. The predicted octanol–water partition coefficient (Wildman–Crippen LogP) is 4.60. The minimum Gasteiger partial charge on any atom is -0.489 e. The van der Waals surface area contributed by atoms with Crippen LogP contribution in [0.25, 0.3) is 10.9 Å². The van der Waals surface area contributed by atoms with Crippen molar-refractivity contribution in [2.24, 2.45) is 0 Å². The molecular formula is C19H16ClNO2. The minimum absolute atomic E-state index is 0.132. The molecule has 116 valence electrons. The van der Waals surface area contributed by atoms with E-state index in [-0.39, 0.29) is 5.78 Å². The fraction of sp³-hybridized carbons (Fsp3) is 0.158. The summed E-state index contributed by atoms with van der Waals surface area (Å²) < 4.78 is 5.80. The van der Waals surface area contributed by atoms with Crippen LogP contribution < -0.4 is 4.74 Å². The van der Waals surface area contributed by atoms with Gasteiger partial charge in [0, 0.05) is 29.1 Å². The number of Topliss-reactive ketones (excluding diaryl/α,β-unsaturated/α-hetero) is 1. The number of ketones is 1. The van der Waals surface area contributed by atoms with Crippen molar-refractivity contribution < 1.29 is 9.53 Å². The summed E-state index contributed by atoms with van der Waals surface area (Å²) in [6.45, 7) is 2.03. The summed E-state index contributed by atoms with van der Waals surface area (Å²) in [5.74, 6) is 0.886. The van der Waals surface area contributed by atoms with Crippen molar-refractivity contribution in [1.29, 1.82) is 0 Å². The monoisotopic (exact) mass is 325 g/mol. The summed E-state index contributed by atoms with van der Waals surface area (Å²) in [7, 11) is 0. The maximum atomic E-state index is 11.2. The number of carbonyl (C=O) groups is 1. The molecule has 1 aromatic heterocycles. The van der Waals surface area contributed by atoms with E-state index in [0.29, 0.717) is 18.1 Å². The van der Waals surface area contributed by atoms with Gasteiger partial charge in [0.2, 0.25) is 0 Å². The average Bonchev–Trinajstić information content (AvgIpc) is 2.52. The third-order valence-electron chi connectivity index (χ3n) is 3.46. The molecule has 0 radical (unpaired) electrons. The van der Waals surface area contributed by atoms with E-state index >= 15 is 0 Å². The van der Waals surface area contributed by atoms with Gasteiger partial charge >= 0.3 is 0 Å². The van der Waals surface area contributed by atoms with Crippen LogP contribution in [0.2, 0.25) is 5.02 Å². The third-order valence-corrected chi connectivity index (χ3v) is 3.69. The Labute approximate surface area is 139 Å². The van der Waals surface area contributed by atoms with Crippen molar-refractivity contribution in [3.63, 3.8) is 0 Å². The lowest BCUT2D eigenvalue weighted by Gasteiger charge is -2.08. The van der Waals surface area contributed by atoms with Gasteiger partial charge in [0.1, 0.15) is 18.1 Å². The van der Waals surface area contributed by atoms with Gasteiger partial charge < -0.3 is 4.74 Å². The normalized spacial score (nSPS) is 10.7. The molecule has 0 bridgehead atoms. The Morgan fingerprint density at radius 2 is 2.00 bits per heavy atom. The van der Waals surface area contributed by atoms with Gasteiger partial charge in [0.05, 0.1) is 5.52 Å². The number of nitrogens with zero attached hydrogens (tertiary/aromatic N) is 1. The number of hydrogen-bond acceptors (Lipinski definition) is 3. The molecule has 0 aliphatic rings. The molecule has 0 atom stereocenters. The zero-order valence-corrected chi connectivity index (χ0v) is 13.5. The summed E-state index contributed by atoms with van der Waals surface area (Å²) in [6, 6.07) is 15.4. The van der Waals surface area contributed by atoms with Crippen molar-refractivity contribution >= 4 is 28.3 Å². The van der Waals surface area contributed by atoms with Gasteiger partial charge in [0.15, 0.2) is 0 Å². The Kier molecular flexibility index (Phi) is 4.58. The molecular weight excluding hydrogens is 310 g/mol. The van der Waals surface area contributed by atoms with E-state index in [1.54, 1.807) is 13.1 Å². The first-order chi connectivity index (χ1) is 11.1. The lowest BCUT2D eigenvalue weighted by atomic mass is 10.1. The summed E-state index contributed by atoms with van der Waals surface area (Å²) in [4.78, 5) is 15.6. The summed E-state index contributed by atoms with van der Waals surface area (Å²) in [5.41, 5.74) is 2.79. The molecule has 0 amide bonds. The fourth-order valence-electron chi connectivity index (χ4n) is 2.41. The van der Waals surface area contributed by atoms with E-state index in [0.717, 1.165) is 27.8 Å². The molecule has 0 saturated heterocycles. The Morgan fingerprint density at radius 3 is 2.78 bits per heavy atom. The number of halogens is 1. The van der Waals surface area contributed by atoms with Gasteiger partial charge in [-0.05, 0) is 48.4 Å². The highest BCUT2D eigenvalue weighted by Crippen LogP contribution is 2.22. The molecule has 0 spiro atoms. The average molecular weight is 326 g/mol. The van der Waals surface area contributed by atoms with Crippen molar-refractivity contribution in [1.82, 2.24) is 4.98 Å². The first kappa shape index (κ1) is 15.5. The number of benzene rings is 2. The molecule has 23 heavy (non-hydrogen) atoms. The van der Waals surface area contributed by atoms with Gasteiger partial charge in [0.25, 0.3) is 0 Å². The number of fused-ring (bicyclic) bond motifs is 1. The van der Waals surface area contributed by atoms with E-state index < -0.39 is 0 Å². The van der Waals surface area contributed by atoms with Crippen molar-refractivity contribution in [2.75, 3.05) is 0 Å². The number of aromatic nitrogens is 1. The van der Waals surface area contributed by atoms with Gasteiger partial charge in [-0.15, -0.1) is 0 Å². The van der Waals surface area contributed by atoms with Crippen LogP contribution in [0, 0.1) is 0 Å². The van der Waals surface area contributed by atoms with Crippen LogP contribution in [0.1, 0.15) is 18.1 Å².